The first kappa shape index (κ1) is 32.1. The topological polar surface area (TPSA) is 125 Å². The number of benzene rings is 3. The van der Waals surface area contributed by atoms with Crippen LogP contribution in [0.5, 0.6) is 0 Å². The third-order valence-corrected chi connectivity index (χ3v) is 6.81. The Morgan fingerprint density at radius 3 is 2.00 bits per heavy atom. The molecule has 4 rings (SSSR count). The molecule has 3 aromatic rings. The van der Waals surface area contributed by atoms with E-state index in [1.165, 1.54) is 6.92 Å². The second kappa shape index (κ2) is 17.3. The van der Waals surface area contributed by atoms with E-state index < -0.39 is 36.7 Å². The van der Waals surface area contributed by atoms with Crippen molar-refractivity contribution in [2.24, 2.45) is 0 Å². The first-order chi connectivity index (χ1) is 21.0. The fraction of sp³-hybridized carbons (Fsp3) is 0.394. The average Bonchev–Trinajstić information content (AvgIpc) is 3.02. The van der Waals surface area contributed by atoms with Gasteiger partial charge in [-0.1, -0.05) is 91.0 Å². The molecule has 0 radical (unpaired) electrons. The maximum Gasteiger partial charge on any atom is 0.407 e. The minimum Gasteiger partial charge on any atom is -0.445 e. The van der Waals surface area contributed by atoms with Crippen LogP contribution in [0.25, 0.3) is 0 Å². The van der Waals surface area contributed by atoms with E-state index in [1.807, 2.05) is 91.0 Å². The molecule has 43 heavy (non-hydrogen) atoms. The number of rotatable bonds is 15. The summed E-state index contributed by atoms with van der Waals surface area (Å²) in [6.07, 6.45) is -3.70. The summed E-state index contributed by atoms with van der Waals surface area (Å²) in [7, 11) is 0. The Bertz CT molecular complexity index is 1230. The molecule has 0 aromatic heterocycles. The standard InChI is InChI=1S/C33H40N2O8/c1-24(36)35-29-31(41-21-26-14-7-3-8-15-26)30(37)28(23-39-20-25-12-5-2-6-13-25)43-32(29)40-19-11-18-34-33(38)42-22-27-16-9-4-10-17-27/h2-10,12-17,28-32,37H,11,18-23H2,1H3,(H,34,38)(H,35,36)/t28-,29-,30-,31-,32-/m1/s1. The lowest BCUT2D eigenvalue weighted by Gasteiger charge is -2.44. The van der Waals surface area contributed by atoms with Crippen molar-refractivity contribution >= 4 is 12.0 Å². The molecular formula is C33H40N2O8. The van der Waals surface area contributed by atoms with E-state index in [-0.39, 0.29) is 32.3 Å². The summed E-state index contributed by atoms with van der Waals surface area (Å²) in [5, 5.41) is 16.9. The van der Waals surface area contributed by atoms with Gasteiger partial charge in [-0.15, -0.1) is 0 Å². The quantitative estimate of drug-likeness (QED) is 0.228. The molecule has 1 aliphatic heterocycles. The van der Waals surface area contributed by atoms with Gasteiger partial charge in [0.25, 0.3) is 0 Å². The molecule has 0 aliphatic carbocycles. The molecule has 0 spiro atoms. The van der Waals surface area contributed by atoms with E-state index in [1.54, 1.807) is 0 Å². The van der Waals surface area contributed by atoms with Crippen molar-refractivity contribution in [2.45, 2.75) is 63.8 Å². The lowest BCUT2D eigenvalue weighted by atomic mass is 9.96. The summed E-state index contributed by atoms with van der Waals surface area (Å²) in [6, 6.07) is 27.9. The van der Waals surface area contributed by atoms with Gasteiger partial charge in [-0.05, 0) is 23.1 Å². The Morgan fingerprint density at radius 1 is 0.814 bits per heavy atom. The molecule has 1 heterocycles. The van der Waals surface area contributed by atoms with Crippen LogP contribution < -0.4 is 10.6 Å². The number of ether oxygens (including phenoxy) is 5. The Morgan fingerprint density at radius 2 is 1.40 bits per heavy atom. The van der Waals surface area contributed by atoms with Crippen LogP contribution in [-0.2, 0) is 48.3 Å². The highest BCUT2D eigenvalue weighted by molar-refractivity contribution is 5.73. The summed E-state index contributed by atoms with van der Waals surface area (Å²) in [6.45, 7) is 2.73. The third kappa shape index (κ3) is 10.8. The van der Waals surface area contributed by atoms with Crippen molar-refractivity contribution in [3.63, 3.8) is 0 Å². The average molecular weight is 593 g/mol. The van der Waals surface area contributed by atoms with Crippen molar-refractivity contribution in [3.05, 3.63) is 108 Å². The van der Waals surface area contributed by atoms with Gasteiger partial charge in [0.05, 0.1) is 26.4 Å². The number of carbonyl (C=O) groups excluding carboxylic acids is 2. The van der Waals surface area contributed by atoms with Crippen LogP contribution in [-0.4, -0.2) is 67.5 Å². The van der Waals surface area contributed by atoms with Crippen LogP contribution >= 0.6 is 0 Å². The van der Waals surface area contributed by atoms with E-state index >= 15 is 0 Å². The molecule has 230 valence electrons. The third-order valence-electron chi connectivity index (χ3n) is 6.81. The summed E-state index contributed by atoms with van der Waals surface area (Å²) >= 11 is 0. The van der Waals surface area contributed by atoms with E-state index in [0.717, 1.165) is 16.7 Å². The second-order valence-electron chi connectivity index (χ2n) is 10.2. The zero-order valence-electron chi connectivity index (χ0n) is 24.3. The van der Waals surface area contributed by atoms with E-state index in [2.05, 4.69) is 10.6 Å². The molecular weight excluding hydrogens is 552 g/mol. The van der Waals surface area contributed by atoms with E-state index in [0.29, 0.717) is 19.6 Å². The van der Waals surface area contributed by atoms with Crippen LogP contribution in [0.4, 0.5) is 4.79 Å². The Kier molecular flexibility index (Phi) is 13.0. The first-order valence-corrected chi connectivity index (χ1v) is 14.4. The normalized spacial score (nSPS) is 21.6. The number of hydrogen-bond donors (Lipinski definition) is 3. The van der Waals surface area contributed by atoms with Crippen molar-refractivity contribution in [1.82, 2.24) is 10.6 Å². The number of alkyl carbamates (subject to hydrolysis) is 1. The monoisotopic (exact) mass is 592 g/mol. The highest BCUT2D eigenvalue weighted by Gasteiger charge is 2.47. The van der Waals surface area contributed by atoms with Crippen molar-refractivity contribution in [1.29, 1.82) is 0 Å². The van der Waals surface area contributed by atoms with Gasteiger partial charge < -0.3 is 39.4 Å². The molecule has 5 atom stereocenters. The van der Waals surface area contributed by atoms with Gasteiger partial charge in [-0.3, -0.25) is 4.79 Å². The van der Waals surface area contributed by atoms with Crippen LogP contribution in [0.15, 0.2) is 91.0 Å². The fourth-order valence-corrected chi connectivity index (χ4v) is 4.65. The highest BCUT2D eigenvalue weighted by Crippen LogP contribution is 2.26. The van der Waals surface area contributed by atoms with Gasteiger partial charge in [-0.2, -0.15) is 0 Å². The maximum absolute atomic E-state index is 12.2. The summed E-state index contributed by atoms with van der Waals surface area (Å²) < 4.78 is 29.5. The number of nitrogens with one attached hydrogen (secondary N) is 2. The number of hydrogen-bond acceptors (Lipinski definition) is 8. The number of aliphatic hydroxyl groups is 1. The SMILES string of the molecule is CC(=O)N[C@H]1[C@H](OCCCNC(=O)OCc2ccccc2)O[C@H](COCc2ccccc2)[C@@H](O)[C@@H]1OCc1ccccc1. The molecule has 2 amide bonds. The zero-order valence-corrected chi connectivity index (χ0v) is 24.3. The minimum absolute atomic E-state index is 0.0860. The van der Waals surface area contributed by atoms with Gasteiger partial charge in [0.15, 0.2) is 6.29 Å². The van der Waals surface area contributed by atoms with Crippen LogP contribution in [0.2, 0.25) is 0 Å². The summed E-state index contributed by atoms with van der Waals surface area (Å²) in [5.41, 5.74) is 2.80. The second-order valence-corrected chi connectivity index (χ2v) is 10.2. The van der Waals surface area contributed by atoms with Crippen molar-refractivity contribution in [3.8, 4) is 0 Å². The molecule has 0 saturated carbocycles. The first-order valence-electron chi connectivity index (χ1n) is 14.4. The molecule has 0 unspecified atom stereocenters. The van der Waals surface area contributed by atoms with Gasteiger partial charge in [0, 0.05) is 13.5 Å². The molecule has 10 nitrogen and oxygen atoms in total. The van der Waals surface area contributed by atoms with Gasteiger partial charge in [-0.25, -0.2) is 4.79 Å². The lowest BCUT2D eigenvalue weighted by Crippen LogP contribution is -2.65. The van der Waals surface area contributed by atoms with Crippen LogP contribution in [0, 0.1) is 0 Å². The molecule has 3 aromatic carbocycles. The van der Waals surface area contributed by atoms with Crippen molar-refractivity contribution in [2.75, 3.05) is 19.8 Å². The Hall–Kier alpha value is -3.80. The Balaban J connectivity index is 1.34. The number of carbonyl (C=O) groups is 2. The molecule has 10 heteroatoms. The highest BCUT2D eigenvalue weighted by atomic mass is 16.7. The van der Waals surface area contributed by atoms with Gasteiger partial charge in [0.2, 0.25) is 5.91 Å². The van der Waals surface area contributed by atoms with E-state index in [4.69, 9.17) is 23.7 Å². The molecule has 1 saturated heterocycles. The van der Waals surface area contributed by atoms with Crippen LogP contribution in [0.1, 0.15) is 30.0 Å². The largest absolute Gasteiger partial charge is 0.445 e. The van der Waals surface area contributed by atoms with Gasteiger partial charge in [0.1, 0.15) is 31.0 Å². The molecule has 1 aliphatic rings. The predicted octanol–water partition coefficient (Wildman–Crippen LogP) is 3.71. The van der Waals surface area contributed by atoms with Crippen molar-refractivity contribution < 1.29 is 38.4 Å². The number of amides is 2. The molecule has 1 fully saturated rings. The maximum atomic E-state index is 12.2. The zero-order chi connectivity index (χ0) is 30.3. The molecule has 0 bridgehead atoms. The minimum atomic E-state index is -1.10. The number of aliphatic hydroxyl groups excluding tert-OH is 1. The smallest absolute Gasteiger partial charge is 0.407 e. The lowest BCUT2D eigenvalue weighted by molar-refractivity contribution is -0.281. The summed E-state index contributed by atoms with van der Waals surface area (Å²) in [5.74, 6) is -0.315. The fourth-order valence-electron chi connectivity index (χ4n) is 4.65. The Labute approximate surface area is 252 Å². The van der Waals surface area contributed by atoms with E-state index in [9.17, 15) is 14.7 Å². The van der Waals surface area contributed by atoms with Gasteiger partial charge >= 0.3 is 6.09 Å². The van der Waals surface area contributed by atoms with Crippen LogP contribution in [0.3, 0.4) is 0 Å². The molecule has 3 N–H and O–H groups in total. The summed E-state index contributed by atoms with van der Waals surface area (Å²) in [4.78, 5) is 24.2. The predicted molar refractivity (Wildman–Crippen MR) is 159 cm³/mol.